The predicted molar refractivity (Wildman–Crippen MR) is 112 cm³/mol. The van der Waals surface area contributed by atoms with Crippen molar-refractivity contribution in [1.29, 1.82) is 0 Å². The Hall–Kier alpha value is -0.810. The van der Waals surface area contributed by atoms with Crippen LogP contribution in [0.4, 0.5) is 4.79 Å². The van der Waals surface area contributed by atoms with Crippen LogP contribution in [0.2, 0.25) is 0 Å². The molecule has 0 aromatic carbocycles. The molecule has 0 aromatic heterocycles. The van der Waals surface area contributed by atoms with Crippen LogP contribution in [0.3, 0.4) is 0 Å². The average molecular weight is 401 g/mol. The van der Waals surface area contributed by atoms with Crippen molar-refractivity contribution in [2.24, 2.45) is 5.41 Å². The smallest absolute Gasteiger partial charge is 0.427 e. The van der Waals surface area contributed by atoms with Crippen LogP contribution < -0.4 is 0 Å². The molecule has 0 spiro atoms. The molecule has 166 valence electrons. The van der Waals surface area contributed by atoms with Crippen molar-refractivity contribution in [1.82, 2.24) is 0 Å². The number of carbonyl (C=O) groups excluding carboxylic acids is 1. The van der Waals surface area contributed by atoms with E-state index in [-0.39, 0.29) is 12.0 Å². The summed E-state index contributed by atoms with van der Waals surface area (Å²) in [4.78, 5) is 22.4. The van der Waals surface area contributed by atoms with Gasteiger partial charge in [0, 0.05) is 12.3 Å². The van der Waals surface area contributed by atoms with Gasteiger partial charge in [0.15, 0.2) is 6.61 Å². The van der Waals surface area contributed by atoms with E-state index in [0.717, 1.165) is 77.0 Å². The molecule has 1 fully saturated rings. The fourth-order valence-corrected chi connectivity index (χ4v) is 4.30. The summed E-state index contributed by atoms with van der Waals surface area (Å²) in [7, 11) is 0. The zero-order chi connectivity index (χ0) is 21.1. The topological polar surface area (TPSA) is 54.0 Å². The van der Waals surface area contributed by atoms with Gasteiger partial charge in [-0.3, -0.25) is 0 Å². The van der Waals surface area contributed by atoms with E-state index >= 15 is 0 Å². The highest BCUT2D eigenvalue weighted by Crippen LogP contribution is 2.50. The minimum absolute atomic E-state index is 0.0128. The van der Waals surface area contributed by atoms with E-state index in [1.54, 1.807) is 6.92 Å². The first-order chi connectivity index (χ1) is 13.3. The third kappa shape index (κ3) is 6.91. The van der Waals surface area contributed by atoms with Gasteiger partial charge in [-0.15, -0.1) is 0 Å². The fourth-order valence-electron chi connectivity index (χ4n) is 4.30. The summed E-state index contributed by atoms with van der Waals surface area (Å²) >= 11 is 0. The van der Waals surface area contributed by atoms with Crippen LogP contribution in [0, 0.1) is 5.41 Å². The molecule has 0 bridgehead atoms. The monoisotopic (exact) mass is 400 g/mol. The van der Waals surface area contributed by atoms with Crippen LogP contribution in [0.5, 0.6) is 0 Å². The molecule has 1 rings (SSSR count). The molecule has 1 aliphatic rings. The van der Waals surface area contributed by atoms with E-state index in [1.807, 2.05) is 0 Å². The highest BCUT2D eigenvalue weighted by atomic mass is 17.3. The SMILES string of the molecule is CCCCC(CCCC)(CCCC)C(C)(CCCC)OC(=O)OC1(C)COO1. The van der Waals surface area contributed by atoms with Gasteiger partial charge in [0.25, 0.3) is 5.79 Å². The number of rotatable bonds is 15. The summed E-state index contributed by atoms with van der Waals surface area (Å²) in [5.74, 6) is -1.03. The second-order valence-electron chi connectivity index (χ2n) is 8.86. The Kier molecular flexibility index (Phi) is 10.8. The quantitative estimate of drug-likeness (QED) is 0.213. The third-order valence-corrected chi connectivity index (χ3v) is 6.32. The molecule has 0 radical (unpaired) electrons. The molecule has 2 atom stereocenters. The molecule has 1 heterocycles. The highest BCUT2D eigenvalue weighted by molar-refractivity contribution is 5.61. The summed E-state index contributed by atoms with van der Waals surface area (Å²) in [6.45, 7) is 13.0. The Morgan fingerprint density at radius 1 is 0.893 bits per heavy atom. The van der Waals surface area contributed by atoms with Crippen molar-refractivity contribution < 1.29 is 24.0 Å². The molecular weight excluding hydrogens is 356 g/mol. The number of carbonyl (C=O) groups is 1. The van der Waals surface area contributed by atoms with Crippen molar-refractivity contribution in [3.05, 3.63) is 0 Å². The lowest BCUT2D eigenvalue weighted by Crippen LogP contribution is -2.53. The summed E-state index contributed by atoms with van der Waals surface area (Å²) < 4.78 is 11.6. The zero-order valence-electron chi connectivity index (χ0n) is 19.2. The van der Waals surface area contributed by atoms with E-state index in [2.05, 4.69) is 34.6 Å². The highest BCUT2D eigenvalue weighted by Gasteiger charge is 2.50. The Balaban J connectivity index is 3.12. The summed E-state index contributed by atoms with van der Waals surface area (Å²) in [6, 6.07) is 0. The van der Waals surface area contributed by atoms with Gasteiger partial charge in [0.05, 0.1) is 0 Å². The van der Waals surface area contributed by atoms with Crippen LogP contribution in [0.1, 0.15) is 119 Å². The first kappa shape index (κ1) is 25.2. The molecule has 0 amide bonds. The van der Waals surface area contributed by atoms with Crippen LogP contribution >= 0.6 is 0 Å². The average Bonchev–Trinajstić information content (AvgIpc) is 2.64. The molecule has 2 unspecified atom stereocenters. The van der Waals surface area contributed by atoms with Crippen LogP contribution in [-0.2, 0) is 19.2 Å². The largest absolute Gasteiger partial charge is 0.511 e. The molecule has 1 saturated heterocycles. The van der Waals surface area contributed by atoms with Crippen molar-refractivity contribution in [2.75, 3.05) is 6.61 Å². The van der Waals surface area contributed by atoms with Crippen LogP contribution in [0.25, 0.3) is 0 Å². The van der Waals surface area contributed by atoms with Gasteiger partial charge in [-0.05, 0) is 39.0 Å². The standard InChI is InChI=1S/C23H44O5/c1-7-11-15-21(5,26-20(24)27-22(6)19-25-28-22)23(16-12-8-2,17-13-9-3)18-14-10-4/h7-19H2,1-6H3. The molecular formula is C23H44O5. The minimum Gasteiger partial charge on any atom is -0.427 e. The van der Waals surface area contributed by atoms with Gasteiger partial charge in [0.1, 0.15) is 5.60 Å². The van der Waals surface area contributed by atoms with Gasteiger partial charge in [0.2, 0.25) is 0 Å². The van der Waals surface area contributed by atoms with Crippen LogP contribution in [0.15, 0.2) is 0 Å². The Labute approximate surface area is 172 Å². The Morgan fingerprint density at radius 3 is 1.68 bits per heavy atom. The van der Waals surface area contributed by atoms with Crippen LogP contribution in [-0.4, -0.2) is 24.2 Å². The zero-order valence-corrected chi connectivity index (χ0v) is 19.2. The molecule has 5 nitrogen and oxygen atoms in total. The maximum Gasteiger partial charge on any atom is 0.511 e. The number of unbranched alkanes of at least 4 members (excludes halogenated alkanes) is 4. The fraction of sp³-hybridized carbons (Fsp3) is 0.957. The van der Waals surface area contributed by atoms with Crippen molar-refractivity contribution >= 4 is 6.16 Å². The summed E-state index contributed by atoms with van der Waals surface area (Å²) in [5, 5.41) is 0. The van der Waals surface area contributed by atoms with Crippen molar-refractivity contribution in [2.45, 2.75) is 130 Å². The van der Waals surface area contributed by atoms with E-state index in [4.69, 9.17) is 19.2 Å². The molecule has 28 heavy (non-hydrogen) atoms. The minimum atomic E-state index is -1.03. The predicted octanol–water partition coefficient (Wildman–Crippen LogP) is 7.32. The Bertz CT molecular complexity index is 424. The van der Waals surface area contributed by atoms with E-state index in [0.29, 0.717) is 0 Å². The number of hydrogen-bond donors (Lipinski definition) is 0. The number of ether oxygens (including phenoxy) is 2. The summed E-state index contributed by atoms with van der Waals surface area (Å²) in [5.41, 5.74) is -0.554. The first-order valence-corrected chi connectivity index (χ1v) is 11.5. The maximum atomic E-state index is 12.7. The van der Waals surface area contributed by atoms with Crippen molar-refractivity contribution in [3.8, 4) is 0 Å². The first-order valence-electron chi connectivity index (χ1n) is 11.5. The van der Waals surface area contributed by atoms with Gasteiger partial charge >= 0.3 is 6.16 Å². The van der Waals surface area contributed by atoms with E-state index in [9.17, 15) is 4.79 Å². The van der Waals surface area contributed by atoms with Crippen molar-refractivity contribution in [3.63, 3.8) is 0 Å². The lowest BCUT2D eigenvalue weighted by atomic mass is 9.62. The molecule has 5 heteroatoms. The second-order valence-corrected chi connectivity index (χ2v) is 8.86. The molecule has 1 aliphatic heterocycles. The molecule has 0 saturated carbocycles. The second kappa shape index (κ2) is 12.0. The maximum absolute atomic E-state index is 12.7. The summed E-state index contributed by atoms with van der Waals surface area (Å²) in [6.07, 6.45) is 12.5. The normalized spacial score (nSPS) is 21.6. The number of hydrogen-bond acceptors (Lipinski definition) is 5. The van der Waals surface area contributed by atoms with Gasteiger partial charge in [-0.2, -0.15) is 4.89 Å². The molecule has 0 N–H and O–H groups in total. The third-order valence-electron chi connectivity index (χ3n) is 6.32. The molecule has 0 aromatic rings. The van der Waals surface area contributed by atoms with E-state index in [1.165, 1.54) is 0 Å². The van der Waals surface area contributed by atoms with Gasteiger partial charge in [-0.25, -0.2) is 9.68 Å². The lowest BCUT2D eigenvalue weighted by molar-refractivity contribution is -0.522. The van der Waals surface area contributed by atoms with E-state index < -0.39 is 17.5 Å². The molecule has 0 aliphatic carbocycles. The van der Waals surface area contributed by atoms with Gasteiger partial charge in [-0.1, -0.05) is 72.6 Å². The lowest BCUT2D eigenvalue weighted by Gasteiger charge is -2.49. The Morgan fingerprint density at radius 2 is 1.32 bits per heavy atom. The van der Waals surface area contributed by atoms with Gasteiger partial charge < -0.3 is 9.47 Å².